The van der Waals surface area contributed by atoms with Gasteiger partial charge in [-0.15, -0.1) is 0 Å². The first kappa shape index (κ1) is 35.5. The van der Waals surface area contributed by atoms with Crippen LogP contribution in [0.5, 0.6) is 0 Å². The molecule has 0 radical (unpaired) electrons. The molecular formula is C22H54O9Si4. The van der Waals surface area contributed by atoms with Crippen LogP contribution >= 0.6 is 0 Å². The third kappa shape index (κ3) is 11.4. The smallest absolute Gasteiger partial charge is 0.377 e. The van der Waals surface area contributed by atoms with E-state index in [2.05, 4.69) is 6.92 Å². The van der Waals surface area contributed by atoms with Gasteiger partial charge in [-0.1, -0.05) is 63.2 Å². The first-order valence-corrected chi connectivity index (χ1v) is 21.3. The lowest BCUT2D eigenvalue weighted by Gasteiger charge is -2.35. The van der Waals surface area contributed by atoms with Gasteiger partial charge < -0.3 is 39.8 Å². The van der Waals surface area contributed by atoms with Crippen molar-refractivity contribution in [3.63, 3.8) is 0 Å². The molecule has 0 bridgehead atoms. The topological polar surface area (TPSA) is 83.1 Å². The van der Waals surface area contributed by atoms with Crippen LogP contribution in [0.2, 0.25) is 42.3 Å². The third-order valence-corrected chi connectivity index (χ3v) is 21.6. The van der Waals surface area contributed by atoms with Crippen molar-refractivity contribution < 1.29 is 39.8 Å². The number of unbranched alkanes of at least 4 members (excludes halogenated alkanes) is 1. The fourth-order valence-electron chi connectivity index (χ4n) is 5.01. The maximum atomic E-state index is 5.69. The molecular weight excluding hydrogens is 521 g/mol. The summed E-state index contributed by atoms with van der Waals surface area (Å²) in [6.07, 6.45) is 5.57. The van der Waals surface area contributed by atoms with Crippen LogP contribution in [-0.2, 0) is 39.8 Å². The third-order valence-electron chi connectivity index (χ3n) is 7.43. The summed E-state index contributed by atoms with van der Waals surface area (Å²) in [6.45, 7) is 2.27. The van der Waals surface area contributed by atoms with E-state index >= 15 is 0 Å². The SMILES string of the molecule is CCCC[Si](CCC[Si](OC)(OC)OC)(CCC[Si](OC)(OC)OC)CCC[Si](OC)(OC)OC. The Balaban J connectivity index is 5.66. The minimum Gasteiger partial charge on any atom is -0.377 e. The van der Waals surface area contributed by atoms with Gasteiger partial charge in [-0.25, -0.2) is 0 Å². The van der Waals surface area contributed by atoms with Crippen LogP contribution in [0.3, 0.4) is 0 Å². The van der Waals surface area contributed by atoms with E-state index in [1.54, 1.807) is 64.0 Å². The lowest BCUT2D eigenvalue weighted by Crippen LogP contribution is -2.45. The molecule has 0 aromatic carbocycles. The van der Waals surface area contributed by atoms with E-state index in [0.29, 0.717) is 0 Å². The van der Waals surface area contributed by atoms with Crippen LogP contribution < -0.4 is 0 Å². The Morgan fingerprint density at radius 2 is 0.571 bits per heavy atom. The summed E-state index contributed by atoms with van der Waals surface area (Å²) < 4.78 is 51.2. The maximum absolute atomic E-state index is 5.69. The summed E-state index contributed by atoms with van der Waals surface area (Å²) in [5.74, 6) is 0. The fraction of sp³-hybridized carbons (Fsp3) is 1.00. The summed E-state index contributed by atoms with van der Waals surface area (Å²) in [5, 5.41) is 0. The molecule has 9 nitrogen and oxygen atoms in total. The second-order valence-electron chi connectivity index (χ2n) is 9.05. The van der Waals surface area contributed by atoms with Gasteiger partial charge in [0.25, 0.3) is 0 Å². The van der Waals surface area contributed by atoms with Gasteiger partial charge in [0.05, 0.1) is 8.07 Å². The van der Waals surface area contributed by atoms with Gasteiger partial charge in [-0.05, 0) is 0 Å². The maximum Gasteiger partial charge on any atom is 0.500 e. The molecule has 0 aromatic rings. The summed E-state index contributed by atoms with van der Waals surface area (Å²) >= 11 is 0. The van der Waals surface area contributed by atoms with Crippen LogP contribution in [0, 0.1) is 0 Å². The second kappa shape index (κ2) is 18.7. The molecule has 0 atom stereocenters. The lowest BCUT2D eigenvalue weighted by atomic mass is 10.4. The Hall–Kier alpha value is 0.508. The highest BCUT2D eigenvalue weighted by Gasteiger charge is 2.43. The standard InChI is InChI=1S/C22H54O9Si4/c1-11-12-16-32(17-13-20-33(23-2,24-3)25-4,18-14-21-34(26-5,27-6)28-7)19-15-22-35(29-8,30-9)31-10/h11-22H2,1-10H3. The van der Waals surface area contributed by atoms with Crippen LogP contribution in [0.1, 0.15) is 39.0 Å². The van der Waals surface area contributed by atoms with E-state index in [1.807, 2.05) is 0 Å². The zero-order valence-corrected chi connectivity index (χ0v) is 28.2. The first-order valence-electron chi connectivity index (χ1n) is 12.7. The van der Waals surface area contributed by atoms with Gasteiger partial charge in [0.1, 0.15) is 0 Å². The Bertz CT molecular complexity index is 430. The highest BCUT2D eigenvalue weighted by Crippen LogP contribution is 2.37. The van der Waals surface area contributed by atoms with Gasteiger partial charge in [0, 0.05) is 82.1 Å². The van der Waals surface area contributed by atoms with Crippen molar-refractivity contribution >= 4 is 34.5 Å². The van der Waals surface area contributed by atoms with Crippen molar-refractivity contribution in [3.8, 4) is 0 Å². The molecule has 0 saturated carbocycles. The summed E-state index contributed by atoms with van der Waals surface area (Å²) in [4.78, 5) is 0. The molecule has 212 valence electrons. The molecule has 0 spiro atoms. The van der Waals surface area contributed by atoms with E-state index < -0.39 is 34.5 Å². The minimum atomic E-state index is -2.59. The number of hydrogen-bond donors (Lipinski definition) is 0. The van der Waals surface area contributed by atoms with Gasteiger partial charge in [0.15, 0.2) is 0 Å². The van der Waals surface area contributed by atoms with E-state index in [9.17, 15) is 0 Å². The predicted molar refractivity (Wildman–Crippen MR) is 149 cm³/mol. The van der Waals surface area contributed by atoms with Crippen LogP contribution in [0.15, 0.2) is 0 Å². The van der Waals surface area contributed by atoms with Gasteiger partial charge in [-0.3, -0.25) is 0 Å². The van der Waals surface area contributed by atoms with Crippen molar-refractivity contribution in [2.75, 3.05) is 64.0 Å². The predicted octanol–water partition coefficient (Wildman–Crippen LogP) is 5.04. The minimum absolute atomic E-state index is 0.831. The largest absolute Gasteiger partial charge is 0.500 e. The van der Waals surface area contributed by atoms with Crippen molar-refractivity contribution in [3.05, 3.63) is 0 Å². The molecule has 0 aliphatic carbocycles. The second-order valence-corrected chi connectivity index (χ2v) is 23.3. The quantitative estimate of drug-likeness (QED) is 0.147. The van der Waals surface area contributed by atoms with Gasteiger partial charge in [0.2, 0.25) is 0 Å². The first-order chi connectivity index (χ1) is 16.7. The molecule has 0 unspecified atom stereocenters. The Morgan fingerprint density at radius 1 is 0.343 bits per heavy atom. The van der Waals surface area contributed by atoms with Crippen molar-refractivity contribution in [2.24, 2.45) is 0 Å². The van der Waals surface area contributed by atoms with Crippen LogP contribution in [-0.4, -0.2) is 98.5 Å². The van der Waals surface area contributed by atoms with Gasteiger partial charge in [-0.2, -0.15) is 0 Å². The average molecular weight is 575 g/mol. The zero-order chi connectivity index (χ0) is 26.8. The highest BCUT2D eigenvalue weighted by atomic mass is 28.4. The molecule has 0 rings (SSSR count). The summed E-state index contributed by atoms with van der Waals surface area (Å²) in [6, 6.07) is 7.42. The molecule has 0 aromatic heterocycles. The van der Waals surface area contributed by atoms with Crippen LogP contribution in [0.4, 0.5) is 0 Å². The zero-order valence-electron chi connectivity index (χ0n) is 24.2. The molecule has 0 aliphatic heterocycles. The number of hydrogen-bond acceptors (Lipinski definition) is 9. The Labute approximate surface area is 219 Å². The highest BCUT2D eigenvalue weighted by molar-refractivity contribution is 6.80. The fourth-order valence-corrected chi connectivity index (χ4v) is 16.6. The van der Waals surface area contributed by atoms with Crippen molar-refractivity contribution in [1.29, 1.82) is 0 Å². The molecule has 0 fully saturated rings. The van der Waals surface area contributed by atoms with Gasteiger partial charge >= 0.3 is 26.4 Å². The molecule has 0 N–H and O–H groups in total. The molecule has 0 amide bonds. The molecule has 13 heteroatoms. The molecule has 0 heterocycles. The molecule has 0 saturated heterocycles. The monoisotopic (exact) mass is 574 g/mol. The van der Waals surface area contributed by atoms with Crippen molar-refractivity contribution in [2.45, 2.75) is 81.3 Å². The van der Waals surface area contributed by atoms with E-state index in [0.717, 1.165) is 37.4 Å². The lowest BCUT2D eigenvalue weighted by molar-refractivity contribution is 0.123. The molecule has 35 heavy (non-hydrogen) atoms. The Kier molecular flexibility index (Phi) is 19.0. The average Bonchev–Trinajstić information content (AvgIpc) is 2.91. The summed E-state index contributed by atoms with van der Waals surface area (Å²) in [5.41, 5.74) is 0. The van der Waals surface area contributed by atoms with E-state index in [4.69, 9.17) is 39.8 Å². The summed E-state index contributed by atoms with van der Waals surface area (Å²) in [7, 11) is 5.78. The number of rotatable bonds is 24. The van der Waals surface area contributed by atoms with Crippen LogP contribution in [0.25, 0.3) is 0 Å². The van der Waals surface area contributed by atoms with E-state index in [1.165, 1.54) is 37.0 Å². The molecule has 0 aliphatic rings. The van der Waals surface area contributed by atoms with Crippen molar-refractivity contribution in [1.82, 2.24) is 0 Å². The van der Waals surface area contributed by atoms with E-state index in [-0.39, 0.29) is 0 Å². The Morgan fingerprint density at radius 3 is 0.771 bits per heavy atom. The normalized spacial score (nSPS) is 13.5.